The van der Waals surface area contributed by atoms with Crippen molar-refractivity contribution in [3.8, 4) is 11.5 Å². The van der Waals surface area contributed by atoms with E-state index in [9.17, 15) is 9.59 Å². The van der Waals surface area contributed by atoms with Crippen LogP contribution >= 0.6 is 11.3 Å². The van der Waals surface area contributed by atoms with Gasteiger partial charge < -0.3 is 25.0 Å². The number of benzene rings is 2. The van der Waals surface area contributed by atoms with Crippen molar-refractivity contribution in [3.05, 3.63) is 75.2 Å². The number of nitrogens with one attached hydrogen (secondary N) is 2. The fourth-order valence-corrected chi connectivity index (χ4v) is 5.67. The van der Waals surface area contributed by atoms with E-state index in [1.165, 1.54) is 4.88 Å². The largest absolute Gasteiger partial charge is 0.490 e. The number of hydrogen-bond donors (Lipinski definition) is 2. The Labute approximate surface area is 202 Å². The summed E-state index contributed by atoms with van der Waals surface area (Å²) in [4.78, 5) is 29.2. The van der Waals surface area contributed by atoms with Crippen LogP contribution in [0.25, 0.3) is 0 Å². The maximum absolute atomic E-state index is 13.0. The minimum atomic E-state index is -0.448. The zero-order valence-electron chi connectivity index (χ0n) is 19.4. The number of rotatable bonds is 5. The van der Waals surface area contributed by atoms with Crippen LogP contribution in [0.3, 0.4) is 0 Å². The molecule has 0 saturated carbocycles. The summed E-state index contributed by atoms with van der Waals surface area (Å²) in [6.07, 6.45) is 0.478. The van der Waals surface area contributed by atoms with Crippen LogP contribution in [0.15, 0.2) is 42.5 Å². The third kappa shape index (κ3) is 4.26. The molecule has 0 fully saturated rings. The third-order valence-electron chi connectivity index (χ3n) is 6.12. The number of likely N-dealkylation sites (N-methyl/N-ethyl adjacent to an activating group) is 1. The predicted molar refractivity (Wildman–Crippen MR) is 132 cm³/mol. The van der Waals surface area contributed by atoms with Crippen LogP contribution in [-0.4, -0.2) is 37.0 Å². The topological polar surface area (TPSA) is 79.9 Å². The highest BCUT2D eigenvalue weighted by Crippen LogP contribution is 2.41. The van der Waals surface area contributed by atoms with Gasteiger partial charge in [-0.05, 0) is 62.7 Å². The molecule has 0 aliphatic carbocycles. The molecule has 8 heteroatoms. The highest BCUT2D eigenvalue weighted by atomic mass is 32.1. The number of carbonyl (C=O) groups is 2. The van der Waals surface area contributed by atoms with Crippen molar-refractivity contribution in [1.82, 2.24) is 10.2 Å². The Morgan fingerprint density at radius 1 is 1.15 bits per heavy atom. The van der Waals surface area contributed by atoms with Gasteiger partial charge in [0.15, 0.2) is 11.5 Å². The van der Waals surface area contributed by atoms with Crippen LogP contribution in [0.1, 0.15) is 55.4 Å². The Morgan fingerprint density at radius 3 is 2.71 bits per heavy atom. The Kier molecular flexibility index (Phi) is 6.02. The van der Waals surface area contributed by atoms with Crippen LogP contribution < -0.4 is 20.1 Å². The lowest BCUT2D eigenvalue weighted by Gasteiger charge is -2.27. The second-order valence-corrected chi connectivity index (χ2v) is 9.75. The number of amides is 1. The van der Waals surface area contributed by atoms with E-state index in [0.29, 0.717) is 23.7 Å². The summed E-state index contributed by atoms with van der Waals surface area (Å²) in [6, 6.07) is 12.6. The first-order chi connectivity index (χ1) is 16.4. The summed E-state index contributed by atoms with van der Waals surface area (Å²) in [5.74, 6) is 0.285. The van der Waals surface area contributed by atoms with E-state index in [-0.39, 0.29) is 5.91 Å². The van der Waals surface area contributed by atoms with Gasteiger partial charge in [0, 0.05) is 18.0 Å². The maximum Gasteiger partial charge on any atom is 0.343 e. The molecule has 3 heterocycles. The Bertz CT molecular complexity index is 1250. The number of ether oxygens (including phenoxy) is 2. The molecule has 2 aliphatic heterocycles. The number of anilines is 1. The lowest BCUT2D eigenvalue weighted by atomic mass is 10.0. The summed E-state index contributed by atoms with van der Waals surface area (Å²) in [5, 5.41) is 7.46. The normalized spacial score (nSPS) is 17.3. The average Bonchev–Trinajstić information content (AvgIpc) is 3.18. The van der Waals surface area contributed by atoms with Gasteiger partial charge in [0.1, 0.15) is 11.2 Å². The molecule has 2 aliphatic rings. The van der Waals surface area contributed by atoms with Crippen LogP contribution in [0.2, 0.25) is 0 Å². The first-order valence-electron chi connectivity index (χ1n) is 11.4. The molecule has 3 aromatic rings. The number of carbonyl (C=O) groups excluding carboxylic acids is 2. The highest BCUT2D eigenvalue weighted by Gasteiger charge is 2.33. The van der Waals surface area contributed by atoms with E-state index >= 15 is 0 Å². The average molecular weight is 478 g/mol. The molecule has 1 aromatic heterocycles. The van der Waals surface area contributed by atoms with Crippen LogP contribution in [0.5, 0.6) is 11.5 Å². The van der Waals surface area contributed by atoms with Gasteiger partial charge in [-0.1, -0.05) is 23.8 Å². The standard InChI is InChI=1S/C26H27N3O4S/c1-4-32-20-13-17(9-10-19(20)33-26(31)16-7-5-15(2)6-8-16)23-27-24(30)22-18-11-12-29(3)14-21(18)34-25(22)28-23/h5-10,13,23,28H,4,11-12,14H2,1-3H3,(H,27,30). The fraction of sp³-hybridized carbons (Fsp3) is 0.308. The number of hydrogen-bond acceptors (Lipinski definition) is 7. The lowest BCUT2D eigenvalue weighted by molar-refractivity contribution is 0.0728. The van der Waals surface area contributed by atoms with Gasteiger partial charge in [-0.3, -0.25) is 4.79 Å². The van der Waals surface area contributed by atoms with Crippen molar-refractivity contribution in [2.24, 2.45) is 0 Å². The summed E-state index contributed by atoms with van der Waals surface area (Å²) < 4.78 is 11.4. The molecule has 0 radical (unpaired) electrons. The Morgan fingerprint density at radius 2 is 1.94 bits per heavy atom. The van der Waals surface area contributed by atoms with Crippen LogP contribution in [-0.2, 0) is 13.0 Å². The lowest BCUT2D eigenvalue weighted by Crippen LogP contribution is -2.38. The Balaban J connectivity index is 1.39. The van der Waals surface area contributed by atoms with E-state index in [2.05, 4.69) is 22.6 Å². The molecule has 1 unspecified atom stereocenters. The van der Waals surface area contributed by atoms with E-state index < -0.39 is 12.1 Å². The molecule has 0 saturated heterocycles. The van der Waals surface area contributed by atoms with E-state index in [0.717, 1.165) is 46.8 Å². The Hall–Kier alpha value is -3.36. The molecule has 7 nitrogen and oxygen atoms in total. The first kappa shape index (κ1) is 22.4. The summed E-state index contributed by atoms with van der Waals surface area (Å²) in [6.45, 7) is 6.07. The number of esters is 1. The SMILES string of the molecule is CCOc1cc(C2NC(=O)c3c(sc4c3CCN(C)C4)N2)ccc1OC(=O)c1ccc(C)cc1. The van der Waals surface area contributed by atoms with E-state index in [4.69, 9.17) is 9.47 Å². The second-order valence-electron chi connectivity index (χ2n) is 8.64. The monoisotopic (exact) mass is 477 g/mol. The molecular formula is C26H27N3O4S. The molecular weight excluding hydrogens is 450 g/mol. The zero-order valence-corrected chi connectivity index (χ0v) is 20.3. The van der Waals surface area contributed by atoms with Crippen molar-refractivity contribution < 1.29 is 19.1 Å². The van der Waals surface area contributed by atoms with Crippen molar-refractivity contribution in [1.29, 1.82) is 0 Å². The summed E-state index contributed by atoms with van der Waals surface area (Å²) >= 11 is 1.65. The minimum absolute atomic E-state index is 0.0614. The molecule has 5 rings (SSSR count). The summed E-state index contributed by atoms with van der Waals surface area (Å²) in [5.41, 5.74) is 4.30. The number of fused-ring (bicyclic) bond motifs is 3. The zero-order chi connectivity index (χ0) is 23.8. The summed E-state index contributed by atoms with van der Waals surface area (Å²) in [7, 11) is 2.10. The molecule has 1 atom stereocenters. The van der Waals surface area contributed by atoms with Gasteiger partial charge in [-0.25, -0.2) is 4.79 Å². The maximum atomic E-state index is 13.0. The molecule has 1 amide bonds. The van der Waals surface area contributed by atoms with Gasteiger partial charge >= 0.3 is 5.97 Å². The molecule has 2 aromatic carbocycles. The number of aryl methyl sites for hydroxylation is 1. The van der Waals surface area contributed by atoms with Gasteiger partial charge in [-0.2, -0.15) is 0 Å². The smallest absolute Gasteiger partial charge is 0.343 e. The molecule has 2 N–H and O–H groups in total. The molecule has 176 valence electrons. The minimum Gasteiger partial charge on any atom is -0.490 e. The fourth-order valence-electron chi connectivity index (χ4n) is 4.32. The van der Waals surface area contributed by atoms with Crippen LogP contribution in [0, 0.1) is 6.92 Å². The molecule has 0 spiro atoms. The van der Waals surface area contributed by atoms with Gasteiger partial charge in [0.25, 0.3) is 5.91 Å². The van der Waals surface area contributed by atoms with Crippen molar-refractivity contribution in [2.75, 3.05) is 25.5 Å². The highest BCUT2D eigenvalue weighted by molar-refractivity contribution is 7.16. The molecule has 0 bridgehead atoms. The third-order valence-corrected chi connectivity index (χ3v) is 7.26. The van der Waals surface area contributed by atoms with Crippen molar-refractivity contribution in [2.45, 2.75) is 33.0 Å². The van der Waals surface area contributed by atoms with Crippen molar-refractivity contribution in [3.63, 3.8) is 0 Å². The number of nitrogens with zero attached hydrogens (tertiary/aromatic N) is 1. The van der Waals surface area contributed by atoms with Gasteiger partial charge in [0.05, 0.1) is 17.7 Å². The van der Waals surface area contributed by atoms with Crippen LogP contribution in [0.4, 0.5) is 5.00 Å². The predicted octanol–water partition coefficient (Wildman–Crippen LogP) is 4.52. The quantitative estimate of drug-likeness (QED) is 0.416. The molecule has 34 heavy (non-hydrogen) atoms. The van der Waals surface area contributed by atoms with Gasteiger partial charge in [-0.15, -0.1) is 11.3 Å². The van der Waals surface area contributed by atoms with Gasteiger partial charge in [0.2, 0.25) is 0 Å². The second kappa shape index (κ2) is 9.12. The van der Waals surface area contributed by atoms with Crippen molar-refractivity contribution >= 4 is 28.2 Å². The first-order valence-corrected chi connectivity index (χ1v) is 12.2. The van der Waals surface area contributed by atoms with E-state index in [1.807, 2.05) is 38.1 Å². The number of thiophene rings is 1. The van der Waals surface area contributed by atoms with E-state index in [1.54, 1.807) is 29.5 Å².